The van der Waals surface area contributed by atoms with Crippen LogP contribution in [0.4, 0.5) is 4.79 Å². The maximum absolute atomic E-state index is 11.6. The molecule has 2 heterocycles. The Kier molecular flexibility index (Phi) is 4.03. The van der Waals surface area contributed by atoms with Crippen molar-refractivity contribution in [3.8, 4) is 0 Å². The Morgan fingerprint density at radius 3 is 2.71 bits per heavy atom. The molecule has 21 heavy (non-hydrogen) atoms. The minimum atomic E-state index is -3.23. The first-order chi connectivity index (χ1) is 9.77. The Labute approximate surface area is 120 Å². The lowest BCUT2D eigenvalue weighted by Crippen LogP contribution is -2.42. The molecule has 0 bridgehead atoms. The van der Waals surface area contributed by atoms with Gasteiger partial charge in [-0.15, -0.1) is 0 Å². The van der Waals surface area contributed by atoms with E-state index in [1.165, 1.54) is 19.1 Å². The summed E-state index contributed by atoms with van der Waals surface area (Å²) in [5.41, 5.74) is 0.0389. The highest BCUT2D eigenvalue weighted by Crippen LogP contribution is 2.14. The summed E-state index contributed by atoms with van der Waals surface area (Å²) >= 11 is 0. The van der Waals surface area contributed by atoms with Gasteiger partial charge in [0.05, 0.1) is 18.3 Å². The number of carbonyl (C=O) groups is 2. The number of nitrogens with one attached hydrogen (secondary N) is 2. The number of urea groups is 1. The molecule has 1 unspecified atom stereocenters. The van der Waals surface area contributed by atoms with E-state index in [0.29, 0.717) is 5.76 Å². The average molecular weight is 314 g/mol. The van der Waals surface area contributed by atoms with Crippen molar-refractivity contribution in [1.29, 1.82) is 0 Å². The van der Waals surface area contributed by atoms with Crippen LogP contribution in [-0.2, 0) is 16.4 Å². The van der Waals surface area contributed by atoms with Crippen LogP contribution in [0.1, 0.15) is 21.9 Å². The highest BCUT2D eigenvalue weighted by atomic mass is 32.2. The monoisotopic (exact) mass is 314 g/mol. The van der Waals surface area contributed by atoms with Gasteiger partial charge in [-0.05, 0) is 19.1 Å². The highest BCUT2D eigenvalue weighted by molar-refractivity contribution is 7.94. The number of aryl methyl sites for hydroxylation is 1. The quantitative estimate of drug-likeness (QED) is 0.738. The second-order valence-corrected chi connectivity index (χ2v) is 6.51. The van der Waals surface area contributed by atoms with E-state index < -0.39 is 27.9 Å². The summed E-state index contributed by atoms with van der Waals surface area (Å²) in [4.78, 5) is 22.4. The number of sulfone groups is 1. The Balaban J connectivity index is 1.86. The molecule has 114 valence electrons. The van der Waals surface area contributed by atoms with Gasteiger partial charge in [-0.25, -0.2) is 18.0 Å². The van der Waals surface area contributed by atoms with E-state index in [2.05, 4.69) is 10.6 Å². The molecule has 3 N–H and O–H groups in total. The summed E-state index contributed by atoms with van der Waals surface area (Å²) in [5, 5.41) is 14.9. The zero-order chi connectivity index (χ0) is 15.6. The summed E-state index contributed by atoms with van der Waals surface area (Å²) in [6.07, 6.45) is 1.40. The first-order valence-electron chi connectivity index (χ1n) is 6.05. The van der Waals surface area contributed by atoms with Crippen LogP contribution in [-0.4, -0.2) is 37.3 Å². The molecule has 0 saturated carbocycles. The van der Waals surface area contributed by atoms with Gasteiger partial charge < -0.3 is 20.2 Å². The lowest BCUT2D eigenvalue weighted by Gasteiger charge is -2.10. The van der Waals surface area contributed by atoms with Gasteiger partial charge in [-0.1, -0.05) is 0 Å². The van der Waals surface area contributed by atoms with Crippen LogP contribution in [0, 0.1) is 6.92 Å². The normalized spacial score (nSPS) is 19.4. The van der Waals surface area contributed by atoms with Crippen molar-refractivity contribution in [2.45, 2.75) is 19.5 Å². The van der Waals surface area contributed by atoms with Crippen molar-refractivity contribution in [3.05, 3.63) is 34.6 Å². The summed E-state index contributed by atoms with van der Waals surface area (Å²) in [6, 6.07) is 0.202. The maximum atomic E-state index is 11.6. The van der Waals surface area contributed by atoms with Crippen molar-refractivity contribution in [2.75, 3.05) is 5.75 Å². The molecule has 1 aromatic rings. The minimum absolute atomic E-state index is 0.00311. The minimum Gasteiger partial charge on any atom is -0.478 e. The Bertz CT molecular complexity index is 703. The van der Waals surface area contributed by atoms with Crippen LogP contribution < -0.4 is 10.6 Å². The molecule has 0 saturated heterocycles. The van der Waals surface area contributed by atoms with Crippen LogP contribution in [0.3, 0.4) is 0 Å². The molecular weight excluding hydrogens is 300 g/mol. The zero-order valence-corrected chi connectivity index (χ0v) is 11.9. The third kappa shape index (κ3) is 3.85. The summed E-state index contributed by atoms with van der Waals surface area (Å²) in [7, 11) is -3.23. The topological polar surface area (TPSA) is 126 Å². The first kappa shape index (κ1) is 15.1. The molecule has 0 aliphatic carbocycles. The third-order valence-corrected chi connectivity index (χ3v) is 4.26. The highest BCUT2D eigenvalue weighted by Gasteiger charge is 2.23. The van der Waals surface area contributed by atoms with Gasteiger partial charge in [0.2, 0.25) is 0 Å². The van der Waals surface area contributed by atoms with E-state index in [-0.39, 0.29) is 23.6 Å². The molecule has 0 radical (unpaired) electrons. The largest absolute Gasteiger partial charge is 0.478 e. The van der Waals surface area contributed by atoms with Gasteiger partial charge in [0.15, 0.2) is 9.84 Å². The molecule has 1 aromatic heterocycles. The second-order valence-electron chi connectivity index (χ2n) is 4.58. The smallest absolute Gasteiger partial charge is 0.339 e. The SMILES string of the molecule is Cc1oc(CNC(=O)NC2C=CS(=O)(=O)C2)cc1C(=O)O. The van der Waals surface area contributed by atoms with Gasteiger partial charge >= 0.3 is 12.0 Å². The molecule has 8 nitrogen and oxygen atoms in total. The summed E-state index contributed by atoms with van der Waals surface area (Å²) in [6.45, 7) is 1.52. The van der Waals surface area contributed by atoms with Crippen molar-refractivity contribution >= 4 is 21.8 Å². The fourth-order valence-corrected chi connectivity index (χ4v) is 3.13. The van der Waals surface area contributed by atoms with Crippen LogP contribution in [0.2, 0.25) is 0 Å². The van der Waals surface area contributed by atoms with Gasteiger partial charge in [-0.2, -0.15) is 0 Å². The molecule has 1 atom stereocenters. The number of hydrogen-bond acceptors (Lipinski definition) is 5. The zero-order valence-electron chi connectivity index (χ0n) is 11.1. The number of hydrogen-bond donors (Lipinski definition) is 3. The van der Waals surface area contributed by atoms with Crippen molar-refractivity contribution in [3.63, 3.8) is 0 Å². The molecule has 0 aromatic carbocycles. The van der Waals surface area contributed by atoms with Crippen LogP contribution in [0.15, 0.2) is 22.0 Å². The standard InChI is InChI=1S/C12H14N2O6S/c1-7-10(11(15)16)4-9(20-7)5-13-12(17)14-8-2-3-21(18,19)6-8/h2-4,8H,5-6H2,1H3,(H,15,16)(H2,13,14,17). The summed E-state index contributed by atoms with van der Waals surface area (Å²) in [5.74, 6) is -0.712. The van der Waals surface area contributed by atoms with Gasteiger partial charge in [-0.3, -0.25) is 0 Å². The molecule has 1 aliphatic heterocycles. The number of carbonyl (C=O) groups excluding carboxylic acids is 1. The predicted octanol–water partition coefficient (Wildman–Crippen LogP) is 0.396. The number of rotatable bonds is 4. The van der Waals surface area contributed by atoms with Crippen LogP contribution >= 0.6 is 0 Å². The van der Waals surface area contributed by atoms with E-state index in [4.69, 9.17) is 9.52 Å². The molecule has 0 spiro atoms. The fraction of sp³-hybridized carbons (Fsp3) is 0.333. The summed E-state index contributed by atoms with van der Waals surface area (Å²) < 4.78 is 27.5. The molecule has 1 aliphatic rings. The number of aromatic carboxylic acids is 1. The Morgan fingerprint density at radius 2 is 2.19 bits per heavy atom. The lowest BCUT2D eigenvalue weighted by molar-refractivity contribution is 0.0695. The Morgan fingerprint density at radius 1 is 1.48 bits per heavy atom. The fourth-order valence-electron chi connectivity index (χ4n) is 1.90. The number of amides is 2. The van der Waals surface area contributed by atoms with Gasteiger partial charge in [0.25, 0.3) is 0 Å². The van der Waals surface area contributed by atoms with Crippen LogP contribution in [0.25, 0.3) is 0 Å². The van der Waals surface area contributed by atoms with E-state index in [1.54, 1.807) is 0 Å². The second kappa shape index (κ2) is 5.60. The van der Waals surface area contributed by atoms with Gasteiger partial charge in [0.1, 0.15) is 17.1 Å². The number of furan rings is 1. The van der Waals surface area contributed by atoms with Crippen molar-refractivity contribution < 1.29 is 27.5 Å². The van der Waals surface area contributed by atoms with Crippen molar-refractivity contribution in [2.24, 2.45) is 0 Å². The average Bonchev–Trinajstić information content (AvgIpc) is 2.90. The molecular formula is C12H14N2O6S. The number of carboxylic acid groups (broad SMARTS) is 1. The molecule has 9 heteroatoms. The predicted molar refractivity (Wildman–Crippen MR) is 72.5 cm³/mol. The molecule has 2 rings (SSSR count). The van der Waals surface area contributed by atoms with E-state index in [1.807, 2.05) is 0 Å². The third-order valence-electron chi connectivity index (χ3n) is 2.87. The first-order valence-corrected chi connectivity index (χ1v) is 7.76. The molecule has 0 fully saturated rings. The van der Waals surface area contributed by atoms with E-state index in [0.717, 1.165) is 5.41 Å². The van der Waals surface area contributed by atoms with Crippen molar-refractivity contribution in [1.82, 2.24) is 10.6 Å². The lowest BCUT2D eigenvalue weighted by atomic mass is 10.2. The van der Waals surface area contributed by atoms with E-state index >= 15 is 0 Å². The van der Waals surface area contributed by atoms with Gasteiger partial charge in [0, 0.05) is 5.41 Å². The van der Waals surface area contributed by atoms with E-state index in [9.17, 15) is 18.0 Å². The molecule has 2 amide bonds. The van der Waals surface area contributed by atoms with Crippen LogP contribution in [0.5, 0.6) is 0 Å². The number of carboxylic acids is 1. The Hall–Kier alpha value is -2.29. The maximum Gasteiger partial charge on any atom is 0.339 e.